The molecule has 5 nitrogen and oxygen atoms in total. The molecule has 1 aliphatic heterocycles. The van der Waals surface area contributed by atoms with Crippen molar-refractivity contribution in [2.45, 2.75) is 25.7 Å². The van der Waals surface area contributed by atoms with Crippen LogP contribution in [0.1, 0.15) is 40.6 Å². The summed E-state index contributed by atoms with van der Waals surface area (Å²) in [7, 11) is 0. The number of amides is 1. The Labute approximate surface area is 163 Å². The van der Waals surface area contributed by atoms with Crippen LogP contribution >= 0.6 is 0 Å². The molecule has 1 amide bonds. The maximum Gasteiger partial charge on any atom is 0.256 e. The molecule has 0 aliphatic carbocycles. The molecule has 1 atom stereocenters. The van der Waals surface area contributed by atoms with E-state index >= 15 is 0 Å². The highest BCUT2D eigenvalue weighted by Crippen LogP contribution is 2.33. The Hall–Kier alpha value is -3.15. The Morgan fingerprint density at radius 3 is 2.75 bits per heavy atom. The third-order valence-corrected chi connectivity index (χ3v) is 5.13. The topological polar surface area (TPSA) is 59.0 Å². The van der Waals surface area contributed by atoms with E-state index in [1.165, 1.54) is 6.07 Å². The molecule has 1 aromatic carbocycles. The Morgan fingerprint density at radius 1 is 1.18 bits per heavy atom. The monoisotopic (exact) mass is 376 g/mol. The van der Waals surface area contributed by atoms with Crippen molar-refractivity contribution in [1.29, 1.82) is 0 Å². The fourth-order valence-electron chi connectivity index (χ4n) is 3.74. The second-order valence-corrected chi connectivity index (χ2v) is 7.02. The number of aromatic nitrogens is 3. The summed E-state index contributed by atoms with van der Waals surface area (Å²) < 4.78 is 14.1. The van der Waals surface area contributed by atoms with E-state index in [2.05, 4.69) is 9.97 Å². The van der Waals surface area contributed by atoms with Crippen LogP contribution in [-0.2, 0) is 0 Å². The van der Waals surface area contributed by atoms with E-state index in [9.17, 15) is 9.18 Å². The largest absolute Gasteiger partial charge is 0.338 e. The average Bonchev–Trinajstić information content (AvgIpc) is 2.74. The van der Waals surface area contributed by atoms with E-state index in [0.717, 1.165) is 29.7 Å². The first kappa shape index (κ1) is 18.2. The second kappa shape index (κ2) is 7.84. The molecule has 0 N–H and O–H groups in total. The van der Waals surface area contributed by atoms with Crippen LogP contribution in [0.4, 0.5) is 4.39 Å². The van der Waals surface area contributed by atoms with Gasteiger partial charge in [0.25, 0.3) is 5.91 Å². The molecule has 0 unspecified atom stereocenters. The highest BCUT2D eigenvalue weighted by atomic mass is 19.1. The molecule has 1 saturated heterocycles. The summed E-state index contributed by atoms with van der Waals surface area (Å²) in [4.78, 5) is 27.8. The van der Waals surface area contributed by atoms with Crippen molar-refractivity contribution in [2.24, 2.45) is 0 Å². The van der Waals surface area contributed by atoms with E-state index in [1.807, 2.05) is 25.3 Å². The first-order valence-electron chi connectivity index (χ1n) is 9.41. The fourth-order valence-corrected chi connectivity index (χ4v) is 3.74. The number of benzene rings is 1. The number of carbonyl (C=O) groups is 1. The molecule has 0 bridgehead atoms. The van der Waals surface area contributed by atoms with Gasteiger partial charge in [0, 0.05) is 43.2 Å². The van der Waals surface area contributed by atoms with Crippen molar-refractivity contribution >= 4 is 5.91 Å². The molecule has 6 heteroatoms. The molecule has 0 saturated carbocycles. The fraction of sp³-hybridized carbons (Fsp3) is 0.273. The minimum atomic E-state index is -0.482. The van der Waals surface area contributed by atoms with Gasteiger partial charge in [-0.25, -0.2) is 14.4 Å². The molecular weight excluding hydrogens is 355 g/mol. The molecule has 1 fully saturated rings. The summed E-state index contributed by atoms with van der Waals surface area (Å²) in [6.07, 6.45) is 7.10. The average molecular weight is 376 g/mol. The SMILES string of the molecule is Cc1ncc(-c2ccncc2)c([C@H]2CCCN(C(=O)c3ccccc3F)C2)n1. The number of piperidine rings is 1. The number of carbonyl (C=O) groups excluding carboxylic acids is 1. The number of pyridine rings is 1. The van der Waals surface area contributed by atoms with Gasteiger partial charge in [0.2, 0.25) is 0 Å². The second-order valence-electron chi connectivity index (χ2n) is 7.02. The maximum absolute atomic E-state index is 14.1. The number of likely N-dealkylation sites (tertiary alicyclic amines) is 1. The van der Waals surface area contributed by atoms with Crippen molar-refractivity contribution < 1.29 is 9.18 Å². The van der Waals surface area contributed by atoms with Crippen LogP contribution < -0.4 is 0 Å². The standard InChI is InChI=1S/C22H21FN4O/c1-15-25-13-19(16-8-10-24-11-9-16)21(26-15)17-5-4-12-27(14-17)22(28)18-6-2-3-7-20(18)23/h2-3,6-11,13,17H,4-5,12,14H2,1H3/t17-/m0/s1. The first-order chi connectivity index (χ1) is 13.6. The lowest BCUT2D eigenvalue weighted by atomic mass is 9.89. The zero-order chi connectivity index (χ0) is 19.5. The first-order valence-corrected chi connectivity index (χ1v) is 9.41. The summed E-state index contributed by atoms with van der Waals surface area (Å²) in [5, 5.41) is 0. The van der Waals surface area contributed by atoms with Crippen LogP contribution in [-0.4, -0.2) is 38.8 Å². The van der Waals surface area contributed by atoms with Gasteiger partial charge in [-0.05, 0) is 49.6 Å². The van der Waals surface area contributed by atoms with E-state index in [1.54, 1.807) is 35.5 Å². The molecule has 2 aromatic heterocycles. The normalized spacial score (nSPS) is 16.8. The van der Waals surface area contributed by atoms with Crippen molar-refractivity contribution in [1.82, 2.24) is 19.9 Å². The molecule has 0 spiro atoms. The zero-order valence-corrected chi connectivity index (χ0v) is 15.7. The molecule has 3 aromatic rings. The third-order valence-electron chi connectivity index (χ3n) is 5.13. The Bertz CT molecular complexity index is 993. The highest BCUT2D eigenvalue weighted by Gasteiger charge is 2.29. The van der Waals surface area contributed by atoms with Gasteiger partial charge in [-0.15, -0.1) is 0 Å². The smallest absolute Gasteiger partial charge is 0.256 e. The van der Waals surface area contributed by atoms with Crippen molar-refractivity contribution in [3.63, 3.8) is 0 Å². The number of aryl methyl sites for hydroxylation is 1. The molecule has 3 heterocycles. The van der Waals surface area contributed by atoms with Crippen LogP contribution in [0.2, 0.25) is 0 Å². The minimum Gasteiger partial charge on any atom is -0.338 e. The predicted molar refractivity (Wildman–Crippen MR) is 104 cm³/mol. The van der Waals surface area contributed by atoms with Crippen LogP contribution in [0, 0.1) is 12.7 Å². The number of nitrogens with zero attached hydrogens (tertiary/aromatic N) is 4. The summed E-state index contributed by atoms with van der Waals surface area (Å²) in [5.41, 5.74) is 3.02. The van der Waals surface area contributed by atoms with Gasteiger partial charge in [-0.3, -0.25) is 9.78 Å². The number of hydrogen-bond donors (Lipinski definition) is 0. The maximum atomic E-state index is 14.1. The van der Waals surface area contributed by atoms with Gasteiger partial charge in [0.1, 0.15) is 11.6 Å². The lowest BCUT2D eigenvalue weighted by Crippen LogP contribution is -2.39. The minimum absolute atomic E-state index is 0.0781. The molecule has 0 radical (unpaired) electrons. The summed E-state index contributed by atoms with van der Waals surface area (Å²) in [6, 6.07) is 10.0. The van der Waals surface area contributed by atoms with E-state index < -0.39 is 5.82 Å². The molecule has 28 heavy (non-hydrogen) atoms. The molecular formula is C22H21FN4O. The van der Waals surface area contributed by atoms with E-state index in [4.69, 9.17) is 4.98 Å². The third kappa shape index (κ3) is 3.63. The van der Waals surface area contributed by atoms with Crippen LogP contribution in [0.15, 0.2) is 55.0 Å². The Kier molecular flexibility index (Phi) is 5.10. The number of hydrogen-bond acceptors (Lipinski definition) is 4. The van der Waals surface area contributed by atoms with E-state index in [0.29, 0.717) is 18.9 Å². The Morgan fingerprint density at radius 2 is 1.96 bits per heavy atom. The van der Waals surface area contributed by atoms with Crippen LogP contribution in [0.3, 0.4) is 0 Å². The summed E-state index contributed by atoms with van der Waals surface area (Å²) in [5.74, 6) is 0.0312. The number of rotatable bonds is 3. The van der Waals surface area contributed by atoms with Gasteiger partial charge in [-0.2, -0.15) is 0 Å². The van der Waals surface area contributed by atoms with Gasteiger partial charge in [0.05, 0.1) is 11.3 Å². The number of halogens is 1. The van der Waals surface area contributed by atoms with Gasteiger partial charge in [-0.1, -0.05) is 12.1 Å². The summed E-state index contributed by atoms with van der Waals surface area (Å²) >= 11 is 0. The predicted octanol–water partition coefficient (Wildman–Crippen LogP) is 4.01. The quantitative estimate of drug-likeness (QED) is 0.693. The van der Waals surface area contributed by atoms with Crippen molar-refractivity contribution in [2.75, 3.05) is 13.1 Å². The van der Waals surface area contributed by atoms with Crippen molar-refractivity contribution in [3.05, 3.63) is 77.9 Å². The van der Waals surface area contributed by atoms with Crippen LogP contribution in [0.5, 0.6) is 0 Å². The summed E-state index contributed by atoms with van der Waals surface area (Å²) in [6.45, 7) is 3.00. The lowest BCUT2D eigenvalue weighted by Gasteiger charge is -2.33. The molecule has 1 aliphatic rings. The van der Waals surface area contributed by atoms with Gasteiger partial charge in [0.15, 0.2) is 0 Å². The highest BCUT2D eigenvalue weighted by molar-refractivity contribution is 5.94. The van der Waals surface area contributed by atoms with Gasteiger partial charge >= 0.3 is 0 Å². The van der Waals surface area contributed by atoms with Crippen molar-refractivity contribution in [3.8, 4) is 11.1 Å². The van der Waals surface area contributed by atoms with Gasteiger partial charge < -0.3 is 4.90 Å². The van der Waals surface area contributed by atoms with Crippen LogP contribution in [0.25, 0.3) is 11.1 Å². The Balaban J connectivity index is 1.65. The molecule has 142 valence electrons. The molecule has 4 rings (SSSR count). The zero-order valence-electron chi connectivity index (χ0n) is 15.7. The lowest BCUT2D eigenvalue weighted by molar-refractivity contribution is 0.0701. The van der Waals surface area contributed by atoms with E-state index in [-0.39, 0.29) is 17.4 Å².